The van der Waals surface area contributed by atoms with Crippen molar-refractivity contribution in [3.05, 3.63) is 57.0 Å². The van der Waals surface area contributed by atoms with Gasteiger partial charge in [0.25, 0.3) is 0 Å². The van der Waals surface area contributed by atoms with E-state index >= 15 is 0 Å². The molecule has 0 spiro atoms. The highest BCUT2D eigenvalue weighted by Crippen LogP contribution is 2.23. The number of ketones is 1. The molecule has 0 atom stereocenters. The Labute approximate surface area is 143 Å². The smallest absolute Gasteiger partial charge is 0.222 e. The maximum atomic E-state index is 12.8. The second kappa shape index (κ2) is 8.22. The van der Waals surface area contributed by atoms with Gasteiger partial charge in [-0.05, 0) is 36.2 Å². The highest BCUT2D eigenvalue weighted by atomic mass is 35.5. The number of rotatable bonds is 7. The summed E-state index contributed by atoms with van der Waals surface area (Å²) in [7, 11) is 1.71. The van der Waals surface area contributed by atoms with Gasteiger partial charge in [0.1, 0.15) is 5.82 Å². The molecule has 6 heteroatoms. The van der Waals surface area contributed by atoms with Crippen LogP contribution >= 0.6 is 22.9 Å². The molecule has 0 aliphatic rings. The number of likely N-dealkylation sites (N-methyl/N-ethyl adjacent to an activating group) is 1. The van der Waals surface area contributed by atoms with Gasteiger partial charge in [0, 0.05) is 26.4 Å². The molecule has 0 unspecified atom stereocenters. The molecule has 0 bridgehead atoms. The van der Waals surface area contributed by atoms with Gasteiger partial charge in [-0.3, -0.25) is 9.59 Å². The van der Waals surface area contributed by atoms with Gasteiger partial charge in [0.2, 0.25) is 5.91 Å². The van der Waals surface area contributed by atoms with E-state index in [1.54, 1.807) is 36.2 Å². The molecule has 0 saturated carbocycles. The molecule has 23 heavy (non-hydrogen) atoms. The van der Waals surface area contributed by atoms with Crippen LogP contribution in [0, 0.1) is 5.82 Å². The molecular weight excluding hydrogens is 337 g/mol. The Kier molecular flexibility index (Phi) is 6.30. The lowest BCUT2D eigenvalue weighted by Gasteiger charge is -2.17. The number of Topliss-reactive ketones (excluding diaryl/α,β-unsaturated/α-hetero) is 1. The Balaban J connectivity index is 1.76. The zero-order valence-electron chi connectivity index (χ0n) is 12.7. The van der Waals surface area contributed by atoms with Gasteiger partial charge < -0.3 is 4.90 Å². The molecule has 3 nitrogen and oxygen atoms in total. The lowest BCUT2D eigenvalue weighted by atomic mass is 10.1. The molecule has 122 valence electrons. The van der Waals surface area contributed by atoms with Gasteiger partial charge in [-0.15, -0.1) is 11.3 Å². The van der Waals surface area contributed by atoms with Crippen LogP contribution in [0.3, 0.4) is 0 Å². The molecule has 0 saturated heterocycles. The first-order valence-electron chi connectivity index (χ1n) is 7.22. The summed E-state index contributed by atoms with van der Waals surface area (Å²) in [6.07, 6.45) is 1.00. The summed E-state index contributed by atoms with van der Waals surface area (Å²) in [5.74, 6) is -0.421. The van der Waals surface area contributed by atoms with Crippen molar-refractivity contribution in [3.8, 4) is 0 Å². The number of hydrogen-bond acceptors (Lipinski definition) is 3. The van der Waals surface area contributed by atoms with Crippen molar-refractivity contribution in [2.24, 2.45) is 0 Å². The van der Waals surface area contributed by atoms with E-state index in [9.17, 15) is 14.0 Å². The van der Waals surface area contributed by atoms with Gasteiger partial charge >= 0.3 is 0 Å². The number of carbonyl (C=O) groups is 2. The third-order valence-corrected chi connectivity index (χ3v) is 4.76. The molecule has 2 aromatic rings. The van der Waals surface area contributed by atoms with E-state index in [0.717, 1.165) is 5.56 Å². The largest absolute Gasteiger partial charge is 0.345 e. The second-order valence-electron chi connectivity index (χ2n) is 5.22. The van der Waals surface area contributed by atoms with Crippen molar-refractivity contribution in [2.45, 2.75) is 19.3 Å². The van der Waals surface area contributed by atoms with Crippen LogP contribution in [0.2, 0.25) is 4.34 Å². The first-order valence-corrected chi connectivity index (χ1v) is 8.42. The minimum absolute atomic E-state index is 0.0674. The molecule has 1 aromatic heterocycles. The normalized spacial score (nSPS) is 10.6. The van der Waals surface area contributed by atoms with E-state index in [2.05, 4.69) is 0 Å². The Morgan fingerprint density at radius 1 is 1.13 bits per heavy atom. The quantitative estimate of drug-likeness (QED) is 0.699. The zero-order chi connectivity index (χ0) is 16.8. The maximum absolute atomic E-state index is 12.8. The molecule has 1 aromatic carbocycles. The monoisotopic (exact) mass is 353 g/mol. The maximum Gasteiger partial charge on any atom is 0.222 e. The summed E-state index contributed by atoms with van der Waals surface area (Å²) in [6, 6.07) is 9.58. The fourth-order valence-corrected chi connectivity index (χ4v) is 3.08. The molecule has 0 fully saturated rings. The van der Waals surface area contributed by atoms with E-state index in [-0.39, 0.29) is 30.3 Å². The molecule has 0 aliphatic heterocycles. The summed E-state index contributed by atoms with van der Waals surface area (Å²) in [4.78, 5) is 26.2. The van der Waals surface area contributed by atoms with Gasteiger partial charge in [0.05, 0.1) is 9.21 Å². The predicted octanol–water partition coefficient (Wildman–Crippen LogP) is 4.20. The number of thiophene rings is 1. The lowest BCUT2D eigenvalue weighted by molar-refractivity contribution is -0.129. The van der Waals surface area contributed by atoms with Crippen LogP contribution in [-0.4, -0.2) is 30.2 Å². The van der Waals surface area contributed by atoms with Crippen LogP contribution in [0.25, 0.3) is 0 Å². The number of amides is 1. The van der Waals surface area contributed by atoms with Crippen molar-refractivity contribution in [3.63, 3.8) is 0 Å². The van der Waals surface area contributed by atoms with Gasteiger partial charge in [-0.2, -0.15) is 0 Å². The molecule has 0 aliphatic carbocycles. The average molecular weight is 354 g/mol. The summed E-state index contributed by atoms with van der Waals surface area (Å²) in [5, 5.41) is 0. The van der Waals surface area contributed by atoms with Crippen LogP contribution in [0.1, 0.15) is 28.1 Å². The Morgan fingerprint density at radius 3 is 2.43 bits per heavy atom. The van der Waals surface area contributed by atoms with Gasteiger partial charge in [0.15, 0.2) is 5.78 Å². The number of halogens is 2. The standard InChI is InChI=1S/C17H17ClFNO2S/c1-20(11-10-12-2-4-13(19)5-3-12)17(22)9-6-14(21)15-7-8-16(18)23-15/h2-5,7-8H,6,9-11H2,1H3. The Hall–Kier alpha value is -1.72. The molecule has 1 heterocycles. The van der Waals surface area contributed by atoms with Crippen LogP contribution < -0.4 is 0 Å². The molecule has 0 N–H and O–H groups in total. The second-order valence-corrected chi connectivity index (χ2v) is 6.93. The Bertz CT molecular complexity index is 684. The number of benzene rings is 1. The first kappa shape index (κ1) is 17.6. The molecule has 0 radical (unpaired) electrons. The average Bonchev–Trinajstić information content (AvgIpc) is 2.98. The van der Waals surface area contributed by atoms with Crippen LogP contribution in [0.5, 0.6) is 0 Å². The van der Waals surface area contributed by atoms with E-state index < -0.39 is 0 Å². The molecular formula is C17H17ClFNO2S. The summed E-state index contributed by atoms with van der Waals surface area (Å²) in [5.41, 5.74) is 0.968. The summed E-state index contributed by atoms with van der Waals surface area (Å²) >= 11 is 7.02. The van der Waals surface area contributed by atoms with Crippen LogP contribution in [0.15, 0.2) is 36.4 Å². The highest BCUT2D eigenvalue weighted by molar-refractivity contribution is 7.18. The summed E-state index contributed by atoms with van der Waals surface area (Å²) in [6.45, 7) is 0.531. The minimum Gasteiger partial charge on any atom is -0.345 e. The highest BCUT2D eigenvalue weighted by Gasteiger charge is 2.14. The predicted molar refractivity (Wildman–Crippen MR) is 90.6 cm³/mol. The van der Waals surface area contributed by atoms with E-state index in [1.165, 1.54) is 23.5 Å². The molecule has 1 amide bonds. The number of carbonyl (C=O) groups excluding carboxylic acids is 2. The van der Waals surface area contributed by atoms with Crippen molar-refractivity contribution in [1.29, 1.82) is 0 Å². The third kappa shape index (κ3) is 5.44. The molecule has 2 rings (SSSR count). The van der Waals surface area contributed by atoms with Crippen molar-refractivity contribution in [2.75, 3.05) is 13.6 Å². The van der Waals surface area contributed by atoms with Gasteiger partial charge in [-0.1, -0.05) is 23.7 Å². The zero-order valence-corrected chi connectivity index (χ0v) is 14.3. The van der Waals surface area contributed by atoms with Crippen LogP contribution in [-0.2, 0) is 11.2 Å². The first-order chi connectivity index (χ1) is 11.0. The topological polar surface area (TPSA) is 37.4 Å². The van der Waals surface area contributed by atoms with E-state index in [1.807, 2.05) is 0 Å². The third-order valence-electron chi connectivity index (χ3n) is 3.49. The fourth-order valence-electron chi connectivity index (χ4n) is 2.07. The lowest BCUT2D eigenvalue weighted by Crippen LogP contribution is -2.29. The Morgan fingerprint density at radius 2 is 1.83 bits per heavy atom. The van der Waals surface area contributed by atoms with Crippen molar-refractivity contribution >= 4 is 34.6 Å². The van der Waals surface area contributed by atoms with Crippen LogP contribution in [0.4, 0.5) is 4.39 Å². The SMILES string of the molecule is CN(CCc1ccc(F)cc1)C(=O)CCC(=O)c1ccc(Cl)s1. The van der Waals surface area contributed by atoms with Gasteiger partial charge in [-0.25, -0.2) is 4.39 Å². The van der Waals surface area contributed by atoms with E-state index in [4.69, 9.17) is 11.6 Å². The minimum atomic E-state index is -0.273. The number of nitrogens with zero attached hydrogens (tertiary/aromatic N) is 1. The van der Waals surface area contributed by atoms with Crippen molar-refractivity contribution < 1.29 is 14.0 Å². The number of hydrogen-bond donors (Lipinski definition) is 0. The van der Waals surface area contributed by atoms with E-state index in [0.29, 0.717) is 22.2 Å². The summed E-state index contributed by atoms with van der Waals surface area (Å²) < 4.78 is 13.4. The van der Waals surface area contributed by atoms with Crippen molar-refractivity contribution in [1.82, 2.24) is 4.90 Å². The fraction of sp³-hybridized carbons (Fsp3) is 0.294.